The Bertz CT molecular complexity index is 928. The quantitative estimate of drug-likeness (QED) is 0.589. The zero-order valence-corrected chi connectivity index (χ0v) is 21.7. The van der Waals surface area contributed by atoms with Gasteiger partial charge in [0.1, 0.15) is 0 Å². The van der Waals surface area contributed by atoms with Crippen LogP contribution in [0.4, 0.5) is 0 Å². The predicted molar refractivity (Wildman–Crippen MR) is 135 cm³/mol. The summed E-state index contributed by atoms with van der Waals surface area (Å²) >= 11 is 0. The molecule has 1 unspecified atom stereocenters. The monoisotopic (exact) mass is 468 g/mol. The fraction of sp³-hybridized carbons (Fsp3) is 0.500. The number of ether oxygens (including phenoxy) is 2. The van der Waals surface area contributed by atoms with E-state index in [1.54, 1.807) is 7.11 Å². The summed E-state index contributed by atoms with van der Waals surface area (Å²) in [6, 6.07) is 20.0. The van der Waals surface area contributed by atoms with Gasteiger partial charge in [0.05, 0.1) is 30.1 Å². The van der Waals surface area contributed by atoms with Crippen LogP contribution in [0.15, 0.2) is 60.7 Å². The molecule has 34 heavy (non-hydrogen) atoms. The van der Waals surface area contributed by atoms with Gasteiger partial charge in [0.15, 0.2) is 0 Å². The van der Waals surface area contributed by atoms with E-state index in [-0.39, 0.29) is 11.9 Å². The Morgan fingerprint density at radius 1 is 1.00 bits per heavy atom. The van der Waals surface area contributed by atoms with Crippen molar-refractivity contribution < 1.29 is 19.1 Å². The highest BCUT2D eigenvalue weighted by molar-refractivity contribution is 5.92. The second-order valence-corrected chi connectivity index (χ2v) is 9.78. The molecule has 1 atom stereocenters. The van der Waals surface area contributed by atoms with Crippen LogP contribution in [0.2, 0.25) is 0 Å². The molecule has 1 amide bonds. The number of carbonyl (C=O) groups excluding carboxylic acids is 2. The van der Waals surface area contributed by atoms with E-state index in [2.05, 4.69) is 5.32 Å². The lowest BCUT2D eigenvalue weighted by atomic mass is 9.72. The maximum absolute atomic E-state index is 13.6. The number of benzene rings is 2. The number of hydrogen-bond acceptors (Lipinski definition) is 5. The molecule has 1 N–H and O–H groups in total. The van der Waals surface area contributed by atoms with Crippen LogP contribution < -0.4 is 5.32 Å². The van der Waals surface area contributed by atoms with Crippen molar-refractivity contribution >= 4 is 11.9 Å². The zero-order valence-electron chi connectivity index (χ0n) is 21.7. The largest absolute Gasteiger partial charge is 0.469 e. The summed E-state index contributed by atoms with van der Waals surface area (Å²) in [5, 5.41) is 3.18. The van der Waals surface area contributed by atoms with Gasteiger partial charge < -0.3 is 19.7 Å². The number of carbonyl (C=O) groups is 2. The predicted octanol–water partition coefficient (Wildman–Crippen LogP) is 4.19. The Balaban J connectivity index is 0.000000379. The number of likely N-dealkylation sites (N-methyl/N-ethyl adjacent to an activating group) is 1. The number of esters is 1. The van der Waals surface area contributed by atoms with E-state index in [1.165, 1.54) is 12.7 Å². The van der Waals surface area contributed by atoms with Gasteiger partial charge in [0.25, 0.3) is 0 Å². The van der Waals surface area contributed by atoms with Gasteiger partial charge in [-0.1, -0.05) is 60.7 Å². The van der Waals surface area contributed by atoms with Crippen LogP contribution >= 0.6 is 0 Å². The lowest BCUT2D eigenvalue weighted by Gasteiger charge is -2.46. The van der Waals surface area contributed by atoms with Gasteiger partial charge >= 0.3 is 5.97 Å². The fourth-order valence-corrected chi connectivity index (χ4v) is 4.48. The first-order chi connectivity index (χ1) is 16.1. The van der Waals surface area contributed by atoms with Crippen molar-refractivity contribution in [2.24, 2.45) is 5.41 Å². The lowest BCUT2D eigenvalue weighted by molar-refractivity contribution is -0.162. The van der Waals surface area contributed by atoms with Gasteiger partial charge in [-0.3, -0.25) is 9.59 Å². The van der Waals surface area contributed by atoms with Gasteiger partial charge in [-0.15, -0.1) is 0 Å². The van der Waals surface area contributed by atoms with Gasteiger partial charge in [0.2, 0.25) is 5.91 Å². The summed E-state index contributed by atoms with van der Waals surface area (Å²) in [4.78, 5) is 27.7. The minimum Gasteiger partial charge on any atom is -0.469 e. The third kappa shape index (κ3) is 5.50. The number of hydrogen-bond donors (Lipinski definition) is 1. The molecule has 1 heterocycles. The molecule has 0 aromatic heterocycles. The standard InChI is InChI=1S/C20H30N2O3.C8H10O/c1-18(2,17(24)25-6)19(3,4)22-13-12-20(14-21-5,16(22)23)15-10-8-7-9-11-15;1-9-7-8-5-3-2-4-6-8/h7-11,21H,12-14H2,1-6H3;2-6H,7H2,1H3. The molecule has 1 fully saturated rings. The fourth-order valence-electron chi connectivity index (χ4n) is 4.48. The van der Waals surface area contributed by atoms with Crippen LogP contribution in [0.1, 0.15) is 45.2 Å². The van der Waals surface area contributed by atoms with E-state index in [4.69, 9.17) is 9.47 Å². The van der Waals surface area contributed by atoms with Crippen LogP contribution in [0.25, 0.3) is 0 Å². The molecule has 2 aromatic carbocycles. The molecule has 0 aliphatic carbocycles. The first-order valence-corrected chi connectivity index (χ1v) is 11.7. The molecule has 1 aliphatic rings. The highest BCUT2D eigenvalue weighted by Gasteiger charge is 2.57. The van der Waals surface area contributed by atoms with Crippen molar-refractivity contribution in [2.45, 2.75) is 51.7 Å². The topological polar surface area (TPSA) is 67.9 Å². The number of amides is 1. The maximum Gasteiger partial charge on any atom is 0.313 e. The van der Waals surface area contributed by atoms with Crippen molar-refractivity contribution in [3.8, 4) is 0 Å². The van der Waals surface area contributed by atoms with Gasteiger partial charge in [-0.05, 0) is 52.3 Å². The Labute approximate surface area is 204 Å². The summed E-state index contributed by atoms with van der Waals surface area (Å²) < 4.78 is 9.92. The number of rotatable bonds is 8. The molecule has 0 bridgehead atoms. The Kier molecular flexibility index (Phi) is 9.42. The molecule has 0 radical (unpaired) electrons. The van der Waals surface area contributed by atoms with Crippen molar-refractivity contribution in [3.05, 3.63) is 71.8 Å². The molecule has 6 nitrogen and oxygen atoms in total. The van der Waals surface area contributed by atoms with Crippen molar-refractivity contribution in [1.82, 2.24) is 10.2 Å². The third-order valence-corrected chi connectivity index (χ3v) is 7.28. The van der Waals surface area contributed by atoms with Crippen LogP contribution in [0.5, 0.6) is 0 Å². The van der Waals surface area contributed by atoms with Gasteiger partial charge in [0, 0.05) is 20.2 Å². The van der Waals surface area contributed by atoms with Crippen LogP contribution in [0.3, 0.4) is 0 Å². The summed E-state index contributed by atoms with van der Waals surface area (Å²) in [6.45, 7) is 9.47. The second kappa shape index (κ2) is 11.6. The van der Waals surface area contributed by atoms with Crippen LogP contribution in [-0.4, -0.2) is 56.7 Å². The summed E-state index contributed by atoms with van der Waals surface area (Å²) in [7, 11) is 4.96. The number of likely N-dealkylation sites (tertiary alicyclic amines) is 1. The average molecular weight is 469 g/mol. The van der Waals surface area contributed by atoms with Crippen molar-refractivity contribution in [3.63, 3.8) is 0 Å². The van der Waals surface area contributed by atoms with Crippen LogP contribution in [0, 0.1) is 5.41 Å². The van der Waals surface area contributed by atoms with Gasteiger partial charge in [-0.25, -0.2) is 0 Å². The smallest absolute Gasteiger partial charge is 0.313 e. The van der Waals surface area contributed by atoms with E-state index < -0.39 is 16.4 Å². The lowest BCUT2D eigenvalue weighted by Crippen LogP contribution is -2.59. The molecular formula is C28H40N2O4. The number of nitrogens with one attached hydrogen (secondary N) is 1. The average Bonchev–Trinajstić information content (AvgIpc) is 3.18. The number of nitrogens with zero attached hydrogens (tertiary/aromatic N) is 1. The van der Waals surface area contributed by atoms with Crippen molar-refractivity contribution in [1.29, 1.82) is 0 Å². The molecule has 3 rings (SSSR count). The van der Waals surface area contributed by atoms with E-state index >= 15 is 0 Å². The first kappa shape index (κ1) is 27.5. The van der Waals surface area contributed by atoms with E-state index in [9.17, 15) is 9.59 Å². The van der Waals surface area contributed by atoms with Crippen molar-refractivity contribution in [2.75, 3.05) is 34.4 Å². The molecule has 6 heteroatoms. The van der Waals surface area contributed by atoms with E-state index in [0.717, 1.165) is 12.0 Å². The minimum absolute atomic E-state index is 0.0648. The molecule has 2 aromatic rings. The Morgan fingerprint density at radius 3 is 2.06 bits per heavy atom. The van der Waals surface area contributed by atoms with Gasteiger partial charge in [-0.2, -0.15) is 0 Å². The van der Waals surface area contributed by atoms with Crippen LogP contribution in [-0.2, 0) is 31.1 Å². The van der Waals surface area contributed by atoms with E-state index in [0.29, 0.717) is 19.7 Å². The Hall–Kier alpha value is -2.70. The molecule has 0 spiro atoms. The summed E-state index contributed by atoms with van der Waals surface area (Å²) in [5.41, 5.74) is 0.161. The highest BCUT2D eigenvalue weighted by Crippen LogP contribution is 2.44. The normalized spacial score (nSPS) is 18.3. The third-order valence-electron chi connectivity index (χ3n) is 7.28. The summed E-state index contributed by atoms with van der Waals surface area (Å²) in [6.07, 6.45) is 0.720. The Morgan fingerprint density at radius 2 is 1.56 bits per heavy atom. The molecule has 0 saturated carbocycles. The molecule has 1 saturated heterocycles. The SMILES string of the molecule is CNCC1(c2ccccc2)CCN(C(C)(C)C(C)(C)C(=O)OC)C1=O.COCc1ccccc1. The van der Waals surface area contributed by atoms with E-state index in [1.807, 2.05) is 100 Å². The minimum atomic E-state index is -0.816. The number of methoxy groups -OCH3 is 2. The first-order valence-electron chi connectivity index (χ1n) is 11.7. The molecular weight excluding hydrogens is 428 g/mol. The molecule has 1 aliphatic heterocycles. The molecule has 186 valence electrons. The highest BCUT2D eigenvalue weighted by atomic mass is 16.5. The zero-order chi connectivity index (χ0) is 25.4. The second-order valence-electron chi connectivity index (χ2n) is 9.78. The summed E-state index contributed by atoms with van der Waals surface area (Å²) in [5.74, 6) is -0.244. The maximum atomic E-state index is 13.6.